The standard InChI is InChI=1S/C45H50N10O6/c1-44(2)41(45(3,4)42(44)61-32-7-5-28(23-46)29(21-32)24-47)51-37(57)30-25-48-43(49-26-30)54-15-12-27(13-16-54)11-14-52-17-19-53(20-18-52)31-6-8-33-34(22-31)40(60)55(39(33)59)35-9-10-36(56)50-38(35)58/h5-8,21-22,25-27,35,41-42H,9-20H2,1-4H3,(H,51,57)(H,50,56,58). The van der Waals surface area contributed by atoms with E-state index in [9.17, 15) is 34.5 Å². The highest BCUT2D eigenvalue weighted by atomic mass is 16.5. The molecule has 3 aromatic rings. The predicted octanol–water partition coefficient (Wildman–Crippen LogP) is 3.66. The molecule has 3 saturated heterocycles. The number of aromatic nitrogens is 2. The summed E-state index contributed by atoms with van der Waals surface area (Å²) in [6, 6.07) is 13.1. The van der Waals surface area contributed by atoms with E-state index in [0.29, 0.717) is 34.3 Å². The van der Waals surface area contributed by atoms with Crippen molar-refractivity contribution >= 4 is 41.2 Å². The molecule has 5 heterocycles. The van der Waals surface area contributed by atoms with Crippen molar-refractivity contribution in [3.05, 3.63) is 76.6 Å². The van der Waals surface area contributed by atoms with Crippen LogP contribution in [-0.4, -0.2) is 113 Å². The third kappa shape index (κ3) is 7.76. The lowest BCUT2D eigenvalue weighted by molar-refractivity contribution is -0.164. The SMILES string of the molecule is CC1(C)C(NC(=O)c2cnc(N3CCC(CCN4CCN(c5ccc6c(c5)C(=O)N(C5CCC(=O)NC5=O)C6=O)CC4)CC3)nc2)C(C)(C)C1Oc1ccc(C#N)c(C#N)c1. The van der Waals surface area contributed by atoms with Crippen molar-refractivity contribution in [1.29, 1.82) is 10.5 Å². The summed E-state index contributed by atoms with van der Waals surface area (Å²) in [5, 5.41) is 24.2. The van der Waals surface area contributed by atoms with Crippen molar-refractivity contribution in [1.82, 2.24) is 30.4 Å². The number of hydrogen-bond donors (Lipinski definition) is 2. The van der Waals surface area contributed by atoms with E-state index in [1.165, 1.54) is 0 Å². The number of nitrogens with one attached hydrogen (secondary N) is 2. The highest BCUT2D eigenvalue weighted by Crippen LogP contribution is 2.55. The van der Waals surface area contributed by atoms with Gasteiger partial charge in [-0.25, -0.2) is 9.97 Å². The van der Waals surface area contributed by atoms with Gasteiger partial charge in [-0.3, -0.25) is 39.1 Å². The number of carbonyl (C=O) groups excluding carboxylic acids is 5. The van der Waals surface area contributed by atoms with Gasteiger partial charge in [0.1, 0.15) is 30.0 Å². The van der Waals surface area contributed by atoms with E-state index in [-0.39, 0.29) is 42.0 Å². The predicted molar refractivity (Wildman–Crippen MR) is 222 cm³/mol. The zero-order valence-electron chi connectivity index (χ0n) is 34.9. The fourth-order valence-electron chi connectivity index (χ4n) is 10.2. The Morgan fingerprint density at radius 1 is 0.836 bits per heavy atom. The van der Waals surface area contributed by atoms with Crippen molar-refractivity contribution in [3.63, 3.8) is 0 Å². The second-order valence-electron chi connectivity index (χ2n) is 18.0. The van der Waals surface area contributed by atoms with Crippen LogP contribution in [0.1, 0.15) is 102 Å². The number of nitrogens with zero attached hydrogens (tertiary/aromatic N) is 8. The van der Waals surface area contributed by atoms with Crippen LogP contribution in [0.25, 0.3) is 0 Å². The van der Waals surface area contributed by atoms with E-state index in [4.69, 9.17) is 4.74 Å². The number of carbonyl (C=O) groups is 5. The molecule has 1 unspecified atom stereocenters. The second kappa shape index (κ2) is 16.2. The Morgan fingerprint density at radius 2 is 1.51 bits per heavy atom. The lowest BCUT2D eigenvalue weighted by Gasteiger charge is -2.63. The lowest BCUT2D eigenvalue weighted by Crippen LogP contribution is -2.74. The molecule has 61 heavy (non-hydrogen) atoms. The molecule has 5 amide bonds. The molecule has 1 aromatic heterocycles. The molecule has 0 spiro atoms. The maximum Gasteiger partial charge on any atom is 0.262 e. The molecule has 2 N–H and O–H groups in total. The number of ether oxygens (including phenoxy) is 1. The van der Waals surface area contributed by atoms with Crippen LogP contribution < -0.4 is 25.2 Å². The highest BCUT2D eigenvalue weighted by molar-refractivity contribution is 6.23. The van der Waals surface area contributed by atoms with Gasteiger partial charge >= 0.3 is 0 Å². The van der Waals surface area contributed by atoms with Gasteiger partial charge in [0.2, 0.25) is 17.8 Å². The summed E-state index contributed by atoms with van der Waals surface area (Å²) in [5.41, 5.74) is 1.54. The summed E-state index contributed by atoms with van der Waals surface area (Å²) in [5.74, 6) is -0.549. The molecule has 4 fully saturated rings. The molecule has 1 saturated carbocycles. The van der Waals surface area contributed by atoms with Gasteiger partial charge in [0, 0.05) is 80.6 Å². The fraction of sp³-hybridized carbons (Fsp3) is 0.489. The van der Waals surface area contributed by atoms with Crippen molar-refractivity contribution in [2.45, 2.75) is 78.0 Å². The van der Waals surface area contributed by atoms with Gasteiger partial charge in [-0.05, 0) is 74.5 Å². The number of fused-ring (bicyclic) bond motifs is 1. The zero-order chi connectivity index (χ0) is 43.2. The van der Waals surface area contributed by atoms with Gasteiger partial charge < -0.3 is 19.9 Å². The quantitative estimate of drug-likeness (QED) is 0.281. The number of hydrogen-bond acceptors (Lipinski definition) is 13. The number of piperazine rings is 1. The minimum absolute atomic E-state index is 0.0852. The van der Waals surface area contributed by atoms with Crippen LogP contribution in [0.2, 0.25) is 0 Å². The maximum atomic E-state index is 13.4. The van der Waals surface area contributed by atoms with Crippen molar-refractivity contribution < 1.29 is 28.7 Å². The largest absolute Gasteiger partial charge is 0.489 e. The molecular formula is C45H50N10O6. The van der Waals surface area contributed by atoms with Crippen LogP contribution in [0.3, 0.4) is 0 Å². The van der Waals surface area contributed by atoms with E-state index in [1.807, 2.05) is 39.8 Å². The first kappa shape index (κ1) is 41.3. The first-order chi connectivity index (χ1) is 29.2. The summed E-state index contributed by atoms with van der Waals surface area (Å²) in [6.07, 6.45) is 6.28. The van der Waals surface area contributed by atoms with Gasteiger partial charge in [-0.15, -0.1) is 0 Å². The van der Waals surface area contributed by atoms with Crippen LogP contribution in [-0.2, 0) is 9.59 Å². The summed E-state index contributed by atoms with van der Waals surface area (Å²) >= 11 is 0. The van der Waals surface area contributed by atoms with Crippen molar-refractivity contribution in [2.24, 2.45) is 16.7 Å². The van der Waals surface area contributed by atoms with Crippen molar-refractivity contribution in [2.75, 3.05) is 55.6 Å². The average molecular weight is 827 g/mol. The van der Waals surface area contributed by atoms with Crippen molar-refractivity contribution in [3.8, 4) is 17.9 Å². The second-order valence-corrected chi connectivity index (χ2v) is 18.0. The smallest absolute Gasteiger partial charge is 0.262 e. The molecule has 8 rings (SSSR count). The van der Waals surface area contributed by atoms with Gasteiger partial charge in [0.25, 0.3) is 17.7 Å². The molecule has 2 aromatic carbocycles. The Morgan fingerprint density at radius 3 is 2.16 bits per heavy atom. The Hall–Kier alpha value is -6.39. The Kier molecular flexibility index (Phi) is 11.0. The van der Waals surface area contributed by atoms with Gasteiger partial charge in [0.05, 0.1) is 27.8 Å². The lowest BCUT2D eigenvalue weighted by atomic mass is 9.49. The summed E-state index contributed by atoms with van der Waals surface area (Å²) < 4.78 is 6.35. The number of imide groups is 2. The zero-order valence-corrected chi connectivity index (χ0v) is 34.9. The van der Waals surface area contributed by atoms with Crippen LogP contribution in [0.15, 0.2) is 48.8 Å². The maximum absolute atomic E-state index is 13.4. The van der Waals surface area contributed by atoms with E-state index >= 15 is 0 Å². The average Bonchev–Trinajstić information content (AvgIpc) is 3.51. The minimum Gasteiger partial charge on any atom is -0.489 e. The molecule has 316 valence electrons. The molecule has 0 radical (unpaired) electrons. The molecule has 0 bridgehead atoms. The van der Waals surface area contributed by atoms with Gasteiger partial charge in [-0.2, -0.15) is 10.5 Å². The third-order valence-electron chi connectivity index (χ3n) is 13.4. The minimum atomic E-state index is -0.980. The molecule has 4 aliphatic heterocycles. The van der Waals surface area contributed by atoms with Crippen LogP contribution in [0.4, 0.5) is 11.6 Å². The Bertz CT molecular complexity index is 2340. The van der Waals surface area contributed by atoms with E-state index < -0.39 is 40.5 Å². The number of nitriles is 2. The van der Waals surface area contributed by atoms with Crippen LogP contribution >= 0.6 is 0 Å². The number of amides is 5. The fourth-order valence-corrected chi connectivity index (χ4v) is 10.2. The van der Waals surface area contributed by atoms with Crippen LogP contribution in [0.5, 0.6) is 5.75 Å². The summed E-state index contributed by atoms with van der Waals surface area (Å²) in [6.45, 7) is 14.2. The number of benzene rings is 2. The number of anilines is 2. The van der Waals surface area contributed by atoms with E-state index in [0.717, 1.165) is 75.7 Å². The molecule has 1 atom stereocenters. The van der Waals surface area contributed by atoms with E-state index in [1.54, 1.807) is 42.7 Å². The molecule has 16 heteroatoms. The number of piperidine rings is 2. The first-order valence-corrected chi connectivity index (χ1v) is 21.0. The third-order valence-corrected chi connectivity index (χ3v) is 13.4. The van der Waals surface area contributed by atoms with Crippen LogP contribution in [0, 0.1) is 39.4 Å². The Labute approximate surface area is 354 Å². The molecule has 1 aliphatic carbocycles. The number of rotatable bonds is 10. The summed E-state index contributed by atoms with van der Waals surface area (Å²) in [7, 11) is 0. The monoisotopic (exact) mass is 826 g/mol. The molecule has 5 aliphatic rings. The topological polar surface area (TPSA) is 205 Å². The molecular weight excluding hydrogens is 777 g/mol. The normalized spacial score (nSPS) is 23.7. The van der Waals surface area contributed by atoms with Gasteiger partial charge in [-0.1, -0.05) is 27.7 Å². The van der Waals surface area contributed by atoms with E-state index in [2.05, 4.69) is 41.4 Å². The first-order valence-electron chi connectivity index (χ1n) is 21.0. The summed E-state index contributed by atoms with van der Waals surface area (Å²) in [4.78, 5) is 81.0. The molecule has 16 nitrogen and oxygen atoms in total. The Balaban J connectivity index is 0.771. The highest BCUT2D eigenvalue weighted by Gasteiger charge is 2.64. The van der Waals surface area contributed by atoms with Gasteiger partial charge in [0.15, 0.2) is 0 Å².